The van der Waals surface area contributed by atoms with Gasteiger partial charge in [-0.2, -0.15) is 0 Å². The summed E-state index contributed by atoms with van der Waals surface area (Å²) in [4.78, 5) is 0. The lowest BCUT2D eigenvalue weighted by molar-refractivity contribution is -0.0536. The lowest BCUT2D eigenvalue weighted by Gasteiger charge is -2.50. The van der Waals surface area contributed by atoms with Crippen LogP contribution in [0.5, 0.6) is 0 Å². The van der Waals surface area contributed by atoms with Crippen LogP contribution in [0.4, 0.5) is 0 Å². The first kappa shape index (κ1) is 13.1. The van der Waals surface area contributed by atoms with Crippen molar-refractivity contribution >= 4 is 0 Å². The van der Waals surface area contributed by atoms with Gasteiger partial charge in [-0.15, -0.1) is 0 Å². The lowest BCUT2D eigenvalue weighted by atomic mass is 9.64. The number of hydrogen-bond acceptors (Lipinski definition) is 2. The predicted octanol–water partition coefficient (Wildman–Crippen LogP) is 3.16. The Kier molecular flexibility index (Phi) is 3.18. The third-order valence-corrected chi connectivity index (χ3v) is 5.23. The molecule has 0 amide bonds. The van der Waals surface area contributed by atoms with Crippen LogP contribution in [0.25, 0.3) is 0 Å². The van der Waals surface area contributed by atoms with Gasteiger partial charge in [-0.3, -0.25) is 0 Å². The Morgan fingerprint density at radius 3 is 2.32 bits per heavy atom. The van der Waals surface area contributed by atoms with Crippen LogP contribution in [-0.4, -0.2) is 18.2 Å². The Balaban J connectivity index is 1.79. The van der Waals surface area contributed by atoms with Crippen molar-refractivity contribution < 1.29 is 5.11 Å². The van der Waals surface area contributed by atoms with Gasteiger partial charge in [-0.05, 0) is 48.1 Å². The van der Waals surface area contributed by atoms with Gasteiger partial charge in [0, 0.05) is 13.1 Å². The van der Waals surface area contributed by atoms with Crippen LogP contribution >= 0.6 is 0 Å². The SMILES string of the molecule is CC(C)c1cccc(C2(O)CCC3(CC2)CNC3)c1. The number of nitrogens with one attached hydrogen (secondary N) is 1. The van der Waals surface area contributed by atoms with Crippen LogP contribution in [0.1, 0.15) is 56.6 Å². The Hall–Kier alpha value is -0.860. The second kappa shape index (κ2) is 4.60. The summed E-state index contributed by atoms with van der Waals surface area (Å²) >= 11 is 0. The maximum atomic E-state index is 11.0. The molecule has 1 aliphatic heterocycles. The van der Waals surface area contributed by atoms with Crippen molar-refractivity contribution in [2.24, 2.45) is 5.41 Å². The minimum Gasteiger partial charge on any atom is -0.385 e. The number of hydrogen-bond donors (Lipinski definition) is 2. The molecule has 0 radical (unpaired) electrons. The van der Waals surface area contributed by atoms with Crippen molar-refractivity contribution in [3.8, 4) is 0 Å². The van der Waals surface area contributed by atoms with E-state index in [-0.39, 0.29) is 0 Å². The minimum absolute atomic E-state index is 0.502. The first-order chi connectivity index (χ1) is 9.03. The van der Waals surface area contributed by atoms with Crippen LogP contribution in [0.3, 0.4) is 0 Å². The Morgan fingerprint density at radius 2 is 1.79 bits per heavy atom. The fourth-order valence-electron chi connectivity index (χ4n) is 3.50. The van der Waals surface area contributed by atoms with Gasteiger partial charge in [0.2, 0.25) is 0 Å². The molecule has 19 heavy (non-hydrogen) atoms. The molecule has 2 N–H and O–H groups in total. The quantitative estimate of drug-likeness (QED) is 0.855. The Morgan fingerprint density at radius 1 is 1.11 bits per heavy atom. The highest BCUT2D eigenvalue weighted by molar-refractivity contribution is 5.30. The summed E-state index contributed by atoms with van der Waals surface area (Å²) in [5.41, 5.74) is 2.37. The van der Waals surface area contributed by atoms with E-state index in [2.05, 4.69) is 43.4 Å². The van der Waals surface area contributed by atoms with Gasteiger partial charge in [-0.25, -0.2) is 0 Å². The van der Waals surface area contributed by atoms with Crippen molar-refractivity contribution in [2.45, 2.75) is 51.0 Å². The number of benzene rings is 1. The molecule has 2 heteroatoms. The molecule has 1 saturated carbocycles. The van der Waals surface area contributed by atoms with Crippen LogP contribution in [0.15, 0.2) is 24.3 Å². The van der Waals surface area contributed by atoms with Gasteiger partial charge in [0.05, 0.1) is 5.60 Å². The average Bonchev–Trinajstić information content (AvgIpc) is 2.38. The second-order valence-electron chi connectivity index (χ2n) is 6.92. The highest BCUT2D eigenvalue weighted by Gasteiger charge is 2.45. The van der Waals surface area contributed by atoms with E-state index in [1.807, 2.05) is 0 Å². The van der Waals surface area contributed by atoms with Crippen molar-refractivity contribution in [1.29, 1.82) is 0 Å². The van der Waals surface area contributed by atoms with Gasteiger partial charge in [0.25, 0.3) is 0 Å². The molecule has 0 bridgehead atoms. The summed E-state index contributed by atoms with van der Waals surface area (Å²) in [7, 11) is 0. The Bertz CT molecular complexity index is 452. The third kappa shape index (κ3) is 2.32. The molecule has 2 fully saturated rings. The zero-order valence-electron chi connectivity index (χ0n) is 12.1. The van der Waals surface area contributed by atoms with E-state index in [9.17, 15) is 5.11 Å². The lowest BCUT2D eigenvalue weighted by Crippen LogP contribution is -2.56. The van der Waals surface area contributed by atoms with E-state index in [1.165, 1.54) is 5.56 Å². The smallest absolute Gasteiger partial charge is 0.0897 e. The van der Waals surface area contributed by atoms with Crippen molar-refractivity contribution in [1.82, 2.24) is 5.32 Å². The number of aliphatic hydroxyl groups is 1. The molecule has 0 aromatic heterocycles. The zero-order valence-corrected chi connectivity index (χ0v) is 12.1. The molecule has 3 rings (SSSR count). The van der Waals surface area contributed by atoms with Crippen molar-refractivity contribution in [3.05, 3.63) is 35.4 Å². The third-order valence-electron chi connectivity index (χ3n) is 5.23. The van der Waals surface area contributed by atoms with Gasteiger partial charge in [0.1, 0.15) is 0 Å². The predicted molar refractivity (Wildman–Crippen MR) is 78.2 cm³/mol. The van der Waals surface area contributed by atoms with Gasteiger partial charge in [-0.1, -0.05) is 38.1 Å². The maximum Gasteiger partial charge on any atom is 0.0897 e. The largest absolute Gasteiger partial charge is 0.385 e. The molecular formula is C17H25NO. The average molecular weight is 259 g/mol. The minimum atomic E-state index is -0.592. The van der Waals surface area contributed by atoms with Crippen LogP contribution in [0, 0.1) is 5.41 Å². The topological polar surface area (TPSA) is 32.3 Å². The normalized spacial score (nSPS) is 24.4. The molecule has 1 spiro atoms. The second-order valence-corrected chi connectivity index (χ2v) is 6.92. The van der Waals surface area contributed by atoms with Gasteiger partial charge < -0.3 is 10.4 Å². The highest BCUT2D eigenvalue weighted by atomic mass is 16.3. The van der Waals surface area contributed by atoms with Crippen LogP contribution in [-0.2, 0) is 5.60 Å². The first-order valence-electron chi connectivity index (χ1n) is 7.57. The monoisotopic (exact) mass is 259 g/mol. The van der Waals surface area contributed by atoms with Crippen molar-refractivity contribution in [3.63, 3.8) is 0 Å². The molecule has 1 heterocycles. The van der Waals surface area contributed by atoms with Crippen LogP contribution in [0.2, 0.25) is 0 Å². The summed E-state index contributed by atoms with van der Waals surface area (Å²) in [6, 6.07) is 8.57. The molecule has 1 aromatic carbocycles. The molecule has 1 aromatic rings. The van der Waals surface area contributed by atoms with Crippen molar-refractivity contribution in [2.75, 3.05) is 13.1 Å². The standard InChI is InChI=1S/C17H25NO/c1-13(2)14-4-3-5-15(10-14)17(19)8-6-16(7-9-17)11-18-12-16/h3-5,10,13,18-19H,6-9,11-12H2,1-2H3. The summed E-state index contributed by atoms with van der Waals surface area (Å²) < 4.78 is 0. The van der Waals surface area contributed by atoms with Crippen LogP contribution < -0.4 is 5.32 Å². The number of rotatable bonds is 2. The van der Waals surface area contributed by atoms with E-state index < -0.39 is 5.60 Å². The summed E-state index contributed by atoms with van der Waals surface area (Å²) in [6.07, 6.45) is 4.14. The van der Waals surface area contributed by atoms with E-state index in [0.29, 0.717) is 11.3 Å². The van der Waals surface area contributed by atoms with E-state index in [4.69, 9.17) is 0 Å². The highest BCUT2D eigenvalue weighted by Crippen LogP contribution is 2.47. The molecule has 2 nitrogen and oxygen atoms in total. The molecule has 1 aliphatic carbocycles. The molecule has 1 saturated heterocycles. The molecular weight excluding hydrogens is 234 g/mol. The zero-order chi connectivity index (χ0) is 13.5. The van der Waals surface area contributed by atoms with Gasteiger partial charge >= 0.3 is 0 Å². The molecule has 0 atom stereocenters. The van der Waals surface area contributed by atoms with Gasteiger partial charge in [0.15, 0.2) is 0 Å². The molecule has 0 unspecified atom stereocenters. The molecule has 104 valence electrons. The fraction of sp³-hybridized carbons (Fsp3) is 0.647. The maximum absolute atomic E-state index is 11.0. The van der Waals surface area contributed by atoms with E-state index in [1.54, 1.807) is 0 Å². The summed E-state index contributed by atoms with van der Waals surface area (Å²) in [5, 5.41) is 14.4. The Labute approximate surface area is 116 Å². The molecule has 2 aliphatic rings. The summed E-state index contributed by atoms with van der Waals surface area (Å²) in [5.74, 6) is 0.523. The first-order valence-corrected chi connectivity index (χ1v) is 7.57. The summed E-state index contributed by atoms with van der Waals surface area (Å²) in [6.45, 7) is 6.71. The fourth-order valence-corrected chi connectivity index (χ4v) is 3.50. The van der Waals surface area contributed by atoms with E-state index in [0.717, 1.165) is 44.3 Å². The van der Waals surface area contributed by atoms with E-state index >= 15 is 0 Å².